The number of fused-ring (bicyclic) bond motifs is 1. The molecule has 0 atom stereocenters. The van der Waals surface area contributed by atoms with Crippen molar-refractivity contribution in [2.45, 2.75) is 29.1 Å². The molecule has 0 unspecified atom stereocenters. The lowest BCUT2D eigenvalue weighted by molar-refractivity contribution is 0.0720. The second kappa shape index (κ2) is 7.72. The fourth-order valence-electron chi connectivity index (χ4n) is 3.58. The van der Waals surface area contributed by atoms with Gasteiger partial charge in [0.2, 0.25) is 9.84 Å². The number of likely N-dealkylation sites (tertiary alicyclic amines) is 1. The van der Waals surface area contributed by atoms with Crippen LogP contribution in [-0.4, -0.2) is 37.3 Å². The number of pyridine rings is 1. The largest absolute Gasteiger partial charge is 0.339 e. The minimum Gasteiger partial charge on any atom is -0.339 e. The molecule has 2 aromatic carbocycles. The van der Waals surface area contributed by atoms with E-state index in [0.717, 1.165) is 31.4 Å². The summed E-state index contributed by atoms with van der Waals surface area (Å²) in [4.78, 5) is 18.9. The Balaban J connectivity index is 1.97. The maximum Gasteiger partial charge on any atom is 0.256 e. The molecule has 0 radical (unpaired) electrons. The van der Waals surface area contributed by atoms with E-state index in [1.807, 2.05) is 0 Å². The molecule has 150 valence electrons. The van der Waals surface area contributed by atoms with Crippen LogP contribution in [0.4, 0.5) is 4.39 Å². The van der Waals surface area contributed by atoms with E-state index < -0.39 is 15.7 Å². The summed E-state index contributed by atoms with van der Waals surface area (Å²) in [5.74, 6) is -0.920. The van der Waals surface area contributed by atoms with Crippen LogP contribution in [0.3, 0.4) is 0 Å². The van der Waals surface area contributed by atoms with Crippen molar-refractivity contribution >= 4 is 38.2 Å². The molecule has 0 aliphatic carbocycles. The summed E-state index contributed by atoms with van der Waals surface area (Å²) in [6, 6.07) is 9.25. The molecule has 8 heteroatoms. The number of amides is 1. The highest BCUT2D eigenvalue weighted by Gasteiger charge is 2.30. The molecule has 2 heterocycles. The predicted octanol–water partition coefficient (Wildman–Crippen LogP) is 4.49. The first kappa shape index (κ1) is 19.8. The summed E-state index contributed by atoms with van der Waals surface area (Å²) in [5, 5.41) is 0.599. The van der Waals surface area contributed by atoms with Crippen LogP contribution in [0.2, 0.25) is 5.02 Å². The summed E-state index contributed by atoms with van der Waals surface area (Å²) in [5.41, 5.74) is 0.413. The third-order valence-electron chi connectivity index (χ3n) is 5.05. The molecule has 0 spiro atoms. The van der Waals surface area contributed by atoms with Crippen LogP contribution >= 0.6 is 11.6 Å². The normalized spacial score (nSPS) is 14.9. The van der Waals surface area contributed by atoms with Crippen molar-refractivity contribution in [1.82, 2.24) is 9.88 Å². The molecule has 1 aromatic heterocycles. The van der Waals surface area contributed by atoms with Gasteiger partial charge in [0.15, 0.2) is 0 Å². The second-order valence-electron chi connectivity index (χ2n) is 6.97. The molecular formula is C21H18ClFN2O3S. The van der Waals surface area contributed by atoms with Crippen molar-refractivity contribution in [3.8, 4) is 0 Å². The number of hydrogen-bond acceptors (Lipinski definition) is 4. The van der Waals surface area contributed by atoms with Crippen molar-refractivity contribution in [2.75, 3.05) is 13.1 Å². The Morgan fingerprint density at radius 1 is 1.03 bits per heavy atom. The van der Waals surface area contributed by atoms with E-state index in [1.165, 1.54) is 24.4 Å². The number of sulfone groups is 1. The van der Waals surface area contributed by atoms with Gasteiger partial charge in [0, 0.05) is 29.7 Å². The summed E-state index contributed by atoms with van der Waals surface area (Å²) < 4.78 is 40.4. The number of halogens is 2. The van der Waals surface area contributed by atoms with E-state index in [9.17, 15) is 17.6 Å². The summed E-state index contributed by atoms with van der Waals surface area (Å²) in [6.45, 7) is 1.14. The third-order valence-corrected chi connectivity index (χ3v) is 7.15. The molecule has 5 nitrogen and oxygen atoms in total. The lowest BCUT2D eigenvalue weighted by Crippen LogP contribution is -2.36. The van der Waals surface area contributed by atoms with Gasteiger partial charge in [0.1, 0.15) is 5.82 Å². The Hall–Kier alpha value is -2.51. The van der Waals surface area contributed by atoms with Crippen LogP contribution in [0.5, 0.6) is 0 Å². The first-order valence-electron chi connectivity index (χ1n) is 9.26. The third kappa shape index (κ3) is 3.72. The van der Waals surface area contributed by atoms with Gasteiger partial charge < -0.3 is 4.90 Å². The number of carbonyl (C=O) groups excluding carboxylic acids is 1. The summed E-state index contributed by atoms with van der Waals surface area (Å²) in [6.07, 6.45) is 4.09. The van der Waals surface area contributed by atoms with E-state index in [4.69, 9.17) is 11.6 Å². The topological polar surface area (TPSA) is 67.3 Å². The van der Waals surface area contributed by atoms with E-state index in [2.05, 4.69) is 4.98 Å². The molecule has 4 rings (SSSR count). The number of rotatable bonds is 3. The number of piperidine rings is 1. The van der Waals surface area contributed by atoms with Gasteiger partial charge >= 0.3 is 0 Å². The SMILES string of the molecule is O=C(c1cnc2ccc(Cl)cc2c1S(=O)(=O)c1ccc(F)cc1)N1CCCCC1. The number of nitrogens with zero attached hydrogens (tertiary/aromatic N) is 2. The first-order valence-corrected chi connectivity index (χ1v) is 11.1. The molecule has 1 aliphatic rings. The number of benzene rings is 2. The van der Waals surface area contributed by atoms with Crippen LogP contribution in [-0.2, 0) is 9.84 Å². The number of aromatic nitrogens is 1. The monoisotopic (exact) mass is 432 g/mol. The van der Waals surface area contributed by atoms with Gasteiger partial charge in [-0.05, 0) is 61.7 Å². The van der Waals surface area contributed by atoms with Gasteiger partial charge in [-0.15, -0.1) is 0 Å². The molecule has 0 saturated carbocycles. The van der Waals surface area contributed by atoms with Crippen LogP contribution in [0.25, 0.3) is 10.9 Å². The molecule has 1 aliphatic heterocycles. The minimum atomic E-state index is -4.13. The van der Waals surface area contributed by atoms with Crippen molar-refractivity contribution in [1.29, 1.82) is 0 Å². The number of hydrogen-bond donors (Lipinski definition) is 0. The standard InChI is InChI=1S/C21H18ClFN2O3S/c22-14-4-9-19-17(12-14)20(29(27,28)16-7-5-15(23)6-8-16)18(13-24-19)21(26)25-10-2-1-3-11-25/h4-9,12-13H,1-3,10-11H2. The van der Waals surface area contributed by atoms with Gasteiger partial charge in [-0.2, -0.15) is 0 Å². The lowest BCUT2D eigenvalue weighted by atomic mass is 10.1. The Morgan fingerprint density at radius 2 is 1.72 bits per heavy atom. The zero-order valence-electron chi connectivity index (χ0n) is 15.4. The highest BCUT2D eigenvalue weighted by atomic mass is 35.5. The fraction of sp³-hybridized carbons (Fsp3) is 0.238. The molecule has 29 heavy (non-hydrogen) atoms. The van der Waals surface area contributed by atoms with Gasteiger partial charge in [-0.1, -0.05) is 11.6 Å². The molecule has 3 aromatic rings. The van der Waals surface area contributed by atoms with Crippen LogP contribution in [0.15, 0.2) is 58.5 Å². The fourth-order valence-corrected chi connectivity index (χ4v) is 5.37. The maximum atomic E-state index is 13.5. The first-order chi connectivity index (χ1) is 13.9. The Kier molecular flexibility index (Phi) is 5.27. The Morgan fingerprint density at radius 3 is 2.41 bits per heavy atom. The van der Waals surface area contributed by atoms with Gasteiger partial charge in [0.05, 0.1) is 20.9 Å². The average molecular weight is 433 g/mol. The van der Waals surface area contributed by atoms with Gasteiger partial charge in [0.25, 0.3) is 5.91 Å². The van der Waals surface area contributed by atoms with E-state index in [-0.39, 0.29) is 26.6 Å². The second-order valence-corrected chi connectivity index (χ2v) is 9.30. The summed E-state index contributed by atoms with van der Waals surface area (Å²) >= 11 is 6.12. The molecule has 1 amide bonds. The Bertz CT molecular complexity index is 1190. The molecule has 0 N–H and O–H groups in total. The van der Waals surface area contributed by atoms with E-state index in [0.29, 0.717) is 23.6 Å². The minimum absolute atomic E-state index is 0.00555. The van der Waals surface area contributed by atoms with Crippen molar-refractivity contribution in [3.05, 3.63) is 65.1 Å². The van der Waals surface area contributed by atoms with Crippen molar-refractivity contribution in [2.24, 2.45) is 0 Å². The van der Waals surface area contributed by atoms with Gasteiger partial charge in [-0.25, -0.2) is 12.8 Å². The molecule has 0 bridgehead atoms. The highest BCUT2D eigenvalue weighted by molar-refractivity contribution is 7.91. The molecule has 1 fully saturated rings. The van der Waals surface area contributed by atoms with Crippen LogP contribution in [0.1, 0.15) is 29.6 Å². The smallest absolute Gasteiger partial charge is 0.256 e. The average Bonchev–Trinajstić information content (AvgIpc) is 2.73. The summed E-state index contributed by atoms with van der Waals surface area (Å²) in [7, 11) is -4.13. The van der Waals surface area contributed by atoms with Crippen molar-refractivity contribution < 1.29 is 17.6 Å². The number of carbonyl (C=O) groups is 1. The van der Waals surface area contributed by atoms with Crippen LogP contribution < -0.4 is 0 Å². The van der Waals surface area contributed by atoms with Crippen molar-refractivity contribution in [3.63, 3.8) is 0 Å². The highest BCUT2D eigenvalue weighted by Crippen LogP contribution is 2.33. The zero-order valence-corrected chi connectivity index (χ0v) is 17.0. The zero-order chi connectivity index (χ0) is 20.6. The maximum absolute atomic E-state index is 13.5. The lowest BCUT2D eigenvalue weighted by Gasteiger charge is -2.27. The van der Waals surface area contributed by atoms with E-state index >= 15 is 0 Å². The van der Waals surface area contributed by atoms with E-state index in [1.54, 1.807) is 17.0 Å². The Labute approximate surface area is 173 Å². The van der Waals surface area contributed by atoms with Crippen LogP contribution in [0, 0.1) is 5.82 Å². The quantitative estimate of drug-likeness (QED) is 0.572. The molecular weight excluding hydrogens is 415 g/mol. The predicted molar refractivity (Wildman–Crippen MR) is 108 cm³/mol. The van der Waals surface area contributed by atoms with Gasteiger partial charge in [-0.3, -0.25) is 9.78 Å². The molecule has 1 saturated heterocycles.